The van der Waals surface area contributed by atoms with Crippen LogP contribution in [0.25, 0.3) is 0 Å². The summed E-state index contributed by atoms with van der Waals surface area (Å²) < 4.78 is 0. The van der Waals surface area contributed by atoms with E-state index >= 15 is 0 Å². The van der Waals surface area contributed by atoms with Crippen LogP contribution in [0.5, 0.6) is 0 Å². The Labute approximate surface area is 159 Å². The monoisotopic (exact) mass is 372 g/mol. The average Bonchev–Trinajstić information content (AvgIpc) is 2.63. The maximum atomic E-state index is 12.0. The summed E-state index contributed by atoms with van der Waals surface area (Å²) in [4.78, 5) is 14.1. The third-order valence-electron chi connectivity index (χ3n) is 3.98. The fourth-order valence-corrected chi connectivity index (χ4v) is 2.69. The molecule has 0 bridgehead atoms. The third-order valence-corrected chi connectivity index (χ3v) is 4.21. The molecule has 0 aliphatic heterocycles. The minimum atomic E-state index is -0.234. The van der Waals surface area contributed by atoms with Gasteiger partial charge in [0.2, 0.25) is 0 Å². The largest absolute Gasteiger partial charge is 0.399 e. The first-order valence-corrected chi connectivity index (χ1v) is 8.89. The van der Waals surface area contributed by atoms with Gasteiger partial charge in [0.05, 0.1) is 6.54 Å². The highest BCUT2D eigenvalue weighted by molar-refractivity contribution is 6.30. The molecule has 6 heteroatoms. The molecule has 2 amide bonds. The van der Waals surface area contributed by atoms with Gasteiger partial charge in [-0.05, 0) is 42.3 Å². The second kappa shape index (κ2) is 9.73. The quantitative estimate of drug-likeness (QED) is 0.618. The van der Waals surface area contributed by atoms with Crippen molar-refractivity contribution >= 4 is 23.3 Å². The summed E-state index contributed by atoms with van der Waals surface area (Å²) in [6.07, 6.45) is 0. The van der Waals surface area contributed by atoms with E-state index in [9.17, 15) is 4.79 Å². The van der Waals surface area contributed by atoms with Gasteiger partial charge < -0.3 is 21.3 Å². The molecule has 0 aliphatic rings. The van der Waals surface area contributed by atoms with E-state index in [-0.39, 0.29) is 6.03 Å². The van der Waals surface area contributed by atoms with Crippen molar-refractivity contribution in [2.75, 3.05) is 18.8 Å². The van der Waals surface area contributed by atoms with Gasteiger partial charge >= 0.3 is 6.03 Å². The van der Waals surface area contributed by atoms with E-state index in [1.165, 1.54) is 0 Å². The lowest BCUT2D eigenvalue weighted by Gasteiger charge is -2.25. The Balaban J connectivity index is 1.78. The van der Waals surface area contributed by atoms with Crippen molar-refractivity contribution in [3.63, 3.8) is 0 Å². The van der Waals surface area contributed by atoms with Crippen LogP contribution >= 0.6 is 11.6 Å². The number of urea groups is 1. The molecule has 2 rings (SSSR count). The van der Waals surface area contributed by atoms with Crippen LogP contribution in [-0.4, -0.2) is 24.0 Å². The number of hydrogen-bond acceptors (Lipinski definition) is 3. The van der Waals surface area contributed by atoms with E-state index in [1.807, 2.05) is 48.5 Å². The van der Waals surface area contributed by atoms with Gasteiger partial charge in [-0.15, -0.1) is 0 Å². The third kappa shape index (κ3) is 6.33. The summed E-state index contributed by atoms with van der Waals surface area (Å²) in [6, 6.07) is 14.9. The fourth-order valence-electron chi connectivity index (χ4n) is 2.48. The number of amides is 2. The number of carbonyl (C=O) groups is 1. The summed E-state index contributed by atoms with van der Waals surface area (Å²) in [5.41, 5.74) is 9.29. The van der Waals surface area contributed by atoms with E-state index in [4.69, 9.17) is 17.3 Å². The first kappa shape index (κ1) is 19.7. The molecule has 0 spiro atoms. The van der Waals surface area contributed by atoms with Gasteiger partial charge in [0, 0.05) is 36.0 Å². The average molecular weight is 373 g/mol. The molecule has 2 aromatic carbocycles. The molecular formula is C20H25ClN4O. The van der Waals surface area contributed by atoms with Crippen LogP contribution in [0.15, 0.2) is 60.8 Å². The first-order valence-electron chi connectivity index (χ1n) is 8.51. The number of nitrogens with zero attached hydrogens (tertiary/aromatic N) is 1. The normalized spacial score (nSPS) is 10.2. The van der Waals surface area contributed by atoms with E-state index < -0.39 is 0 Å². The standard InChI is InChI=1S/C20H25ClN4O/c1-3-25(14-17-5-4-6-18(21)11-17)15(2)12-23-20(26)24-13-16-7-9-19(22)10-8-16/h4-11H,2-3,12-14,22H2,1H3,(H2,23,24,26). The van der Waals surface area contributed by atoms with Crippen molar-refractivity contribution in [1.82, 2.24) is 15.5 Å². The topological polar surface area (TPSA) is 70.4 Å². The van der Waals surface area contributed by atoms with Gasteiger partial charge in [-0.2, -0.15) is 0 Å². The number of rotatable bonds is 8. The smallest absolute Gasteiger partial charge is 0.315 e. The predicted octanol–water partition coefficient (Wildman–Crippen LogP) is 3.76. The number of likely N-dealkylation sites (N-methyl/N-ethyl adjacent to an activating group) is 1. The lowest BCUT2D eigenvalue weighted by molar-refractivity contribution is 0.239. The highest BCUT2D eigenvalue weighted by Crippen LogP contribution is 2.14. The number of anilines is 1. The van der Waals surface area contributed by atoms with Gasteiger partial charge in [-0.1, -0.05) is 42.4 Å². The molecule has 0 fully saturated rings. The van der Waals surface area contributed by atoms with E-state index in [0.29, 0.717) is 30.3 Å². The van der Waals surface area contributed by atoms with Crippen molar-refractivity contribution in [2.45, 2.75) is 20.0 Å². The summed E-state index contributed by atoms with van der Waals surface area (Å²) in [5, 5.41) is 6.37. The van der Waals surface area contributed by atoms with Crippen molar-refractivity contribution < 1.29 is 4.79 Å². The Bertz CT molecular complexity index is 746. The Morgan fingerprint density at radius 3 is 2.54 bits per heavy atom. The molecule has 0 unspecified atom stereocenters. The van der Waals surface area contributed by atoms with Crippen LogP contribution in [-0.2, 0) is 13.1 Å². The van der Waals surface area contributed by atoms with Gasteiger partial charge in [-0.25, -0.2) is 4.79 Å². The maximum absolute atomic E-state index is 12.0. The number of hydrogen-bond donors (Lipinski definition) is 3. The summed E-state index contributed by atoms with van der Waals surface area (Å²) in [6.45, 7) is 8.44. The van der Waals surface area contributed by atoms with Crippen molar-refractivity contribution in [3.8, 4) is 0 Å². The molecule has 0 radical (unpaired) electrons. The number of nitrogens with one attached hydrogen (secondary N) is 2. The molecule has 4 N–H and O–H groups in total. The van der Waals surface area contributed by atoms with Crippen LogP contribution in [0.3, 0.4) is 0 Å². The minimum Gasteiger partial charge on any atom is -0.399 e. The highest BCUT2D eigenvalue weighted by atomic mass is 35.5. The number of nitrogen functional groups attached to an aromatic ring is 1. The maximum Gasteiger partial charge on any atom is 0.315 e. The molecule has 0 heterocycles. The zero-order chi connectivity index (χ0) is 18.9. The Morgan fingerprint density at radius 1 is 1.15 bits per heavy atom. The molecule has 0 saturated heterocycles. The molecule has 5 nitrogen and oxygen atoms in total. The van der Waals surface area contributed by atoms with Crippen LogP contribution < -0.4 is 16.4 Å². The van der Waals surface area contributed by atoms with Gasteiger partial charge in [0.25, 0.3) is 0 Å². The second-order valence-corrected chi connectivity index (χ2v) is 6.42. The summed E-state index contributed by atoms with van der Waals surface area (Å²) in [7, 11) is 0. The van der Waals surface area contributed by atoms with Crippen molar-refractivity contribution in [1.29, 1.82) is 0 Å². The molecule has 138 valence electrons. The predicted molar refractivity (Wildman–Crippen MR) is 108 cm³/mol. The van der Waals surface area contributed by atoms with Crippen molar-refractivity contribution in [2.24, 2.45) is 0 Å². The molecule has 0 aliphatic carbocycles. The molecule has 2 aromatic rings. The van der Waals surface area contributed by atoms with Gasteiger partial charge in [0.15, 0.2) is 0 Å². The molecular weight excluding hydrogens is 348 g/mol. The number of nitrogens with two attached hydrogens (primary N) is 1. The number of carbonyl (C=O) groups excluding carboxylic acids is 1. The number of halogens is 1. The van der Waals surface area contributed by atoms with E-state index in [1.54, 1.807) is 0 Å². The lowest BCUT2D eigenvalue weighted by atomic mass is 10.2. The molecule has 0 saturated carbocycles. The minimum absolute atomic E-state index is 0.234. The van der Waals surface area contributed by atoms with Crippen molar-refractivity contribution in [3.05, 3.63) is 77.0 Å². The molecule has 26 heavy (non-hydrogen) atoms. The van der Waals surface area contributed by atoms with E-state index in [0.717, 1.165) is 23.4 Å². The fraction of sp³-hybridized carbons (Fsp3) is 0.250. The SMILES string of the molecule is C=C(CNC(=O)NCc1ccc(N)cc1)N(CC)Cc1cccc(Cl)c1. The summed E-state index contributed by atoms with van der Waals surface area (Å²) in [5.74, 6) is 0. The van der Waals surface area contributed by atoms with E-state index in [2.05, 4.69) is 29.0 Å². The Kier molecular flexibility index (Phi) is 7.36. The highest BCUT2D eigenvalue weighted by Gasteiger charge is 2.08. The summed E-state index contributed by atoms with van der Waals surface area (Å²) >= 11 is 6.03. The van der Waals surface area contributed by atoms with Crippen LogP contribution in [0.4, 0.5) is 10.5 Å². The zero-order valence-corrected chi connectivity index (χ0v) is 15.7. The van der Waals surface area contributed by atoms with Crippen LogP contribution in [0.2, 0.25) is 5.02 Å². The Morgan fingerprint density at radius 2 is 1.88 bits per heavy atom. The second-order valence-electron chi connectivity index (χ2n) is 5.99. The molecule has 0 atom stereocenters. The van der Waals surface area contributed by atoms with Crippen LogP contribution in [0.1, 0.15) is 18.1 Å². The first-order chi connectivity index (χ1) is 12.5. The molecule has 0 aromatic heterocycles. The zero-order valence-electron chi connectivity index (χ0n) is 15.0. The van der Waals surface area contributed by atoms with Crippen LogP contribution in [0, 0.1) is 0 Å². The van der Waals surface area contributed by atoms with Gasteiger partial charge in [-0.3, -0.25) is 0 Å². The number of benzene rings is 2. The Hall–Kier alpha value is -2.66. The lowest BCUT2D eigenvalue weighted by Crippen LogP contribution is -2.38. The van der Waals surface area contributed by atoms with Gasteiger partial charge in [0.1, 0.15) is 0 Å².